The minimum Gasteiger partial charge on any atom is -0.412 e. The maximum absolute atomic E-state index is 7.62. The summed E-state index contributed by atoms with van der Waals surface area (Å²) in [6.07, 6.45) is 0. The van der Waals surface area contributed by atoms with Gasteiger partial charge >= 0.3 is 0 Å². The largest absolute Gasteiger partial charge is 0.412 e. The fourth-order valence-electron chi connectivity index (χ4n) is 0. The molecule has 0 rings (SSSR count). The SMILES string of the molecule is O.O.O.O.O.OCCO.[NH4+].[Pd]. The summed E-state index contributed by atoms with van der Waals surface area (Å²) in [4.78, 5) is 0. The second-order valence-corrected chi connectivity index (χ2v) is 0.447. The van der Waals surface area contributed by atoms with Gasteiger partial charge in [0.1, 0.15) is 0 Å². The molecule has 0 aliphatic rings. The Kier molecular flexibility index (Phi) is 1620. The van der Waals surface area contributed by atoms with Crippen molar-refractivity contribution in [1.82, 2.24) is 6.15 Å². The smallest absolute Gasteiger partial charge is 0.0662 e. The monoisotopic (exact) mass is 276 g/mol. The van der Waals surface area contributed by atoms with Crippen LogP contribution in [0.15, 0.2) is 0 Å². The normalized spacial score (nSPS) is 2.73. The first-order valence-electron chi connectivity index (χ1n) is 1.13. The number of quaternary nitrogens is 1. The zero-order chi connectivity index (χ0) is 3.41. The van der Waals surface area contributed by atoms with Crippen LogP contribution >= 0.6 is 0 Å². The minimum absolute atomic E-state index is 0. The first kappa shape index (κ1) is 109. The molecule has 0 aromatic rings. The number of aliphatic hydroxyl groups is 2. The van der Waals surface area contributed by atoms with E-state index >= 15 is 0 Å². The first-order chi connectivity index (χ1) is 1.91. The molecule has 16 N–H and O–H groups in total. The summed E-state index contributed by atoms with van der Waals surface area (Å²) in [6, 6.07) is 0. The van der Waals surface area contributed by atoms with Crippen LogP contribution in [0.5, 0.6) is 0 Å². The molecule has 0 amide bonds. The molecule has 0 saturated heterocycles. The van der Waals surface area contributed by atoms with E-state index in [1.807, 2.05) is 0 Å². The fraction of sp³-hybridized carbons (Fsp3) is 1.00. The van der Waals surface area contributed by atoms with Crippen LogP contribution in [0.3, 0.4) is 0 Å². The Morgan fingerprint density at radius 3 is 0.727 bits per heavy atom. The molecule has 0 aromatic heterocycles. The summed E-state index contributed by atoms with van der Waals surface area (Å²) in [5.41, 5.74) is 0. The predicted octanol–water partition coefficient (Wildman–Crippen LogP) is -4.78. The average Bonchev–Trinajstić information content (AvgIpc) is 1.37. The van der Waals surface area contributed by atoms with Crippen LogP contribution in [0.25, 0.3) is 0 Å². The van der Waals surface area contributed by atoms with Crippen LogP contribution in [-0.4, -0.2) is 50.8 Å². The van der Waals surface area contributed by atoms with Crippen molar-refractivity contribution in [2.75, 3.05) is 13.2 Å². The molecule has 0 saturated carbocycles. The Balaban J connectivity index is -0.00000000214. The van der Waals surface area contributed by atoms with Crippen LogP contribution in [-0.2, 0) is 20.4 Å². The number of hydrogen-bond donors (Lipinski definition) is 3. The molecule has 9 heteroatoms. The number of aliphatic hydroxyl groups excluding tert-OH is 2. The van der Waals surface area contributed by atoms with Gasteiger partial charge in [-0.15, -0.1) is 0 Å². The predicted molar refractivity (Wildman–Crippen MR) is 38.2 cm³/mol. The van der Waals surface area contributed by atoms with E-state index in [2.05, 4.69) is 0 Å². The summed E-state index contributed by atoms with van der Waals surface area (Å²) in [5, 5.41) is 15.2. The molecule has 84 valence electrons. The van der Waals surface area contributed by atoms with Crippen LogP contribution in [0, 0.1) is 0 Å². The van der Waals surface area contributed by atoms with Gasteiger partial charge in [-0.05, 0) is 0 Å². The van der Waals surface area contributed by atoms with Crippen molar-refractivity contribution in [1.29, 1.82) is 0 Å². The van der Waals surface area contributed by atoms with Crippen LogP contribution in [0.4, 0.5) is 0 Å². The Bertz CT molecular complexity index is 18.4. The van der Waals surface area contributed by atoms with Crippen molar-refractivity contribution in [3.8, 4) is 0 Å². The maximum Gasteiger partial charge on any atom is 0.0662 e. The Morgan fingerprint density at radius 2 is 0.727 bits per heavy atom. The van der Waals surface area contributed by atoms with Gasteiger partial charge in [0.15, 0.2) is 0 Å². The van der Waals surface area contributed by atoms with Crippen molar-refractivity contribution >= 4 is 0 Å². The molecule has 0 aromatic carbocycles. The second kappa shape index (κ2) is 165. The third-order valence-corrected chi connectivity index (χ3v) is 0.1000. The average molecular weight is 277 g/mol. The molecule has 0 aliphatic heterocycles. The Morgan fingerprint density at radius 1 is 0.636 bits per heavy atom. The molecule has 0 radical (unpaired) electrons. The Labute approximate surface area is 78.0 Å². The van der Waals surface area contributed by atoms with Crippen molar-refractivity contribution in [3.05, 3.63) is 0 Å². The van der Waals surface area contributed by atoms with E-state index in [4.69, 9.17) is 10.2 Å². The zero-order valence-corrected chi connectivity index (χ0v) is 7.68. The summed E-state index contributed by atoms with van der Waals surface area (Å²) < 4.78 is 0. The minimum atomic E-state index is -0.125. The summed E-state index contributed by atoms with van der Waals surface area (Å²) >= 11 is 0. The molecule has 0 atom stereocenters. The quantitative estimate of drug-likeness (QED) is 0.400. The van der Waals surface area contributed by atoms with E-state index in [0.717, 1.165) is 0 Å². The standard InChI is InChI=1S/C2H6O2.H3N.5H2O.Pd/c3-1-2-4;;;;;;;/h3-4H,1-2H2;1H3;5*1H2;/p+1. The van der Waals surface area contributed by atoms with E-state index in [1.165, 1.54) is 0 Å². The molecule has 0 spiro atoms. The van der Waals surface area contributed by atoms with Gasteiger partial charge in [0.25, 0.3) is 0 Å². The van der Waals surface area contributed by atoms with E-state index in [-0.39, 0.29) is 67.2 Å². The second-order valence-electron chi connectivity index (χ2n) is 0.447. The maximum atomic E-state index is 7.62. The van der Waals surface area contributed by atoms with Crippen molar-refractivity contribution in [2.45, 2.75) is 0 Å². The number of hydrogen-bond acceptors (Lipinski definition) is 2. The molecule has 0 fully saturated rings. The van der Waals surface area contributed by atoms with E-state index in [0.29, 0.717) is 0 Å². The third kappa shape index (κ3) is 399. The molecule has 0 heterocycles. The van der Waals surface area contributed by atoms with Gasteiger partial charge in [0.2, 0.25) is 0 Å². The Hall–Kier alpha value is 0.342. The van der Waals surface area contributed by atoms with Gasteiger partial charge in [-0.25, -0.2) is 0 Å². The summed E-state index contributed by atoms with van der Waals surface area (Å²) in [7, 11) is 0. The van der Waals surface area contributed by atoms with Gasteiger partial charge in [-0.1, -0.05) is 0 Å². The topological polar surface area (TPSA) is 234 Å². The summed E-state index contributed by atoms with van der Waals surface area (Å²) in [5.74, 6) is 0. The number of rotatable bonds is 1. The van der Waals surface area contributed by atoms with Crippen molar-refractivity contribution in [2.24, 2.45) is 0 Å². The van der Waals surface area contributed by atoms with Gasteiger partial charge in [0.05, 0.1) is 13.2 Å². The third-order valence-electron chi connectivity index (χ3n) is 0.1000. The van der Waals surface area contributed by atoms with Crippen LogP contribution in [0.1, 0.15) is 0 Å². The van der Waals surface area contributed by atoms with Gasteiger partial charge in [-0.2, -0.15) is 0 Å². The zero-order valence-electron chi connectivity index (χ0n) is 6.12. The van der Waals surface area contributed by atoms with Crippen LogP contribution < -0.4 is 6.15 Å². The van der Waals surface area contributed by atoms with E-state index < -0.39 is 0 Å². The van der Waals surface area contributed by atoms with Gasteiger partial charge in [-0.3, -0.25) is 0 Å². The molecule has 0 bridgehead atoms. The van der Waals surface area contributed by atoms with Crippen molar-refractivity contribution < 1.29 is 58.0 Å². The molecule has 0 unspecified atom stereocenters. The van der Waals surface area contributed by atoms with Crippen LogP contribution in [0.2, 0.25) is 0 Å². The fourth-order valence-corrected chi connectivity index (χ4v) is 0. The van der Waals surface area contributed by atoms with Crippen molar-refractivity contribution in [3.63, 3.8) is 0 Å². The first-order valence-corrected chi connectivity index (χ1v) is 1.13. The molecule has 8 nitrogen and oxygen atoms in total. The molecule has 11 heavy (non-hydrogen) atoms. The molecule has 0 aliphatic carbocycles. The van der Waals surface area contributed by atoms with E-state index in [9.17, 15) is 0 Å². The van der Waals surface area contributed by atoms with E-state index in [1.54, 1.807) is 0 Å². The van der Waals surface area contributed by atoms with Gasteiger partial charge < -0.3 is 43.7 Å². The molecular formula is C2H20NO7Pd+. The molecular weight excluding hydrogens is 256 g/mol. The van der Waals surface area contributed by atoms with Gasteiger partial charge in [0, 0.05) is 20.4 Å². The summed E-state index contributed by atoms with van der Waals surface area (Å²) in [6.45, 7) is -0.250.